The van der Waals surface area contributed by atoms with Crippen LogP contribution < -0.4 is 5.73 Å². The highest BCUT2D eigenvalue weighted by Crippen LogP contribution is 2.20. The van der Waals surface area contributed by atoms with E-state index in [1.165, 1.54) is 0 Å². The normalized spacial score (nSPS) is 20.9. The number of carbonyl (C=O) groups is 2. The summed E-state index contributed by atoms with van der Waals surface area (Å²) in [5.74, 6) is 0.211. The number of hydrogen-bond acceptors (Lipinski definition) is 4. The molecule has 6 nitrogen and oxygen atoms in total. The molecule has 0 unspecified atom stereocenters. The minimum atomic E-state index is -0.486. The van der Waals surface area contributed by atoms with Crippen molar-refractivity contribution in [2.75, 3.05) is 26.7 Å². The van der Waals surface area contributed by atoms with Gasteiger partial charge in [-0.1, -0.05) is 0 Å². The molecule has 0 bridgehead atoms. The van der Waals surface area contributed by atoms with Gasteiger partial charge >= 0.3 is 6.09 Å². The third-order valence-corrected chi connectivity index (χ3v) is 3.47. The first kappa shape index (κ1) is 17.8. The lowest BCUT2D eigenvalue weighted by atomic mass is 9.97. The predicted octanol–water partition coefficient (Wildman–Crippen LogP) is 1.44. The number of piperidine rings is 1. The maximum Gasteiger partial charge on any atom is 0.410 e. The first-order valence-corrected chi connectivity index (χ1v) is 7.58. The van der Waals surface area contributed by atoms with Gasteiger partial charge in [-0.05, 0) is 46.5 Å². The molecule has 2 atom stereocenters. The Balaban J connectivity index is 2.52. The molecule has 0 aromatic carbocycles. The Bertz CT molecular complexity index is 377. The van der Waals surface area contributed by atoms with E-state index in [0.717, 1.165) is 19.4 Å². The van der Waals surface area contributed by atoms with Gasteiger partial charge in [-0.25, -0.2) is 4.79 Å². The number of nitrogens with two attached hydrogens (primary N) is 1. The summed E-state index contributed by atoms with van der Waals surface area (Å²) in [6.07, 6.45) is 1.67. The van der Waals surface area contributed by atoms with Crippen molar-refractivity contribution in [2.45, 2.75) is 52.2 Å². The fraction of sp³-hybridized carbons (Fsp3) is 0.867. The van der Waals surface area contributed by atoms with Gasteiger partial charge in [0.25, 0.3) is 0 Å². The van der Waals surface area contributed by atoms with E-state index in [1.54, 1.807) is 23.8 Å². The Morgan fingerprint density at radius 1 is 1.43 bits per heavy atom. The lowest BCUT2D eigenvalue weighted by Crippen LogP contribution is -2.47. The van der Waals surface area contributed by atoms with Crippen molar-refractivity contribution in [3.8, 4) is 0 Å². The fourth-order valence-corrected chi connectivity index (χ4v) is 2.53. The highest BCUT2D eigenvalue weighted by molar-refractivity contribution is 5.80. The van der Waals surface area contributed by atoms with Crippen LogP contribution in [-0.4, -0.2) is 60.1 Å². The van der Waals surface area contributed by atoms with Gasteiger partial charge in [0.1, 0.15) is 5.60 Å². The summed E-state index contributed by atoms with van der Waals surface area (Å²) in [6, 6.07) is -0.486. The first-order chi connectivity index (χ1) is 9.60. The van der Waals surface area contributed by atoms with E-state index in [0.29, 0.717) is 13.1 Å². The van der Waals surface area contributed by atoms with Gasteiger partial charge in [0.15, 0.2) is 0 Å². The van der Waals surface area contributed by atoms with E-state index in [2.05, 4.69) is 0 Å². The molecule has 1 rings (SSSR count). The van der Waals surface area contributed by atoms with Crippen LogP contribution in [0.25, 0.3) is 0 Å². The van der Waals surface area contributed by atoms with Crippen LogP contribution >= 0.6 is 0 Å². The van der Waals surface area contributed by atoms with Crippen LogP contribution in [0.4, 0.5) is 4.79 Å². The van der Waals surface area contributed by atoms with Crippen LogP contribution in [0.1, 0.15) is 40.5 Å². The Labute approximate surface area is 127 Å². The molecule has 1 aliphatic rings. The lowest BCUT2D eigenvalue weighted by molar-refractivity contribution is -0.131. The highest BCUT2D eigenvalue weighted by Gasteiger charge is 2.29. The fourth-order valence-electron chi connectivity index (χ4n) is 2.53. The Hall–Kier alpha value is -1.30. The molecule has 2 amide bonds. The van der Waals surface area contributed by atoms with Crippen LogP contribution in [0.2, 0.25) is 0 Å². The van der Waals surface area contributed by atoms with Gasteiger partial charge in [0.05, 0.1) is 6.04 Å². The van der Waals surface area contributed by atoms with E-state index in [1.807, 2.05) is 20.8 Å². The maximum atomic E-state index is 12.1. The van der Waals surface area contributed by atoms with Crippen LogP contribution in [0, 0.1) is 5.92 Å². The molecule has 0 saturated carbocycles. The molecule has 1 saturated heterocycles. The van der Waals surface area contributed by atoms with Crippen LogP contribution in [0.3, 0.4) is 0 Å². The van der Waals surface area contributed by atoms with E-state index in [-0.39, 0.29) is 17.9 Å². The van der Waals surface area contributed by atoms with Gasteiger partial charge in [0.2, 0.25) is 5.91 Å². The predicted molar refractivity (Wildman–Crippen MR) is 81.8 cm³/mol. The monoisotopic (exact) mass is 299 g/mol. The summed E-state index contributed by atoms with van der Waals surface area (Å²) in [4.78, 5) is 27.3. The van der Waals surface area contributed by atoms with Crippen molar-refractivity contribution >= 4 is 12.0 Å². The second-order valence-electron chi connectivity index (χ2n) is 6.94. The van der Waals surface area contributed by atoms with E-state index in [9.17, 15) is 9.59 Å². The zero-order valence-electron chi connectivity index (χ0n) is 13.9. The van der Waals surface area contributed by atoms with Gasteiger partial charge in [-0.2, -0.15) is 0 Å². The number of likely N-dealkylation sites (N-methyl/N-ethyl adjacent to an activating group) is 1. The third kappa shape index (κ3) is 5.91. The van der Waals surface area contributed by atoms with Crippen LogP contribution in [0.15, 0.2) is 0 Å². The summed E-state index contributed by atoms with van der Waals surface area (Å²) in [5.41, 5.74) is 5.13. The molecule has 1 heterocycles. The summed E-state index contributed by atoms with van der Waals surface area (Å²) in [5, 5.41) is 0. The molecule has 0 aliphatic carbocycles. The topological polar surface area (TPSA) is 75.9 Å². The highest BCUT2D eigenvalue weighted by atomic mass is 16.6. The van der Waals surface area contributed by atoms with Gasteiger partial charge < -0.3 is 20.3 Å². The molecule has 1 aliphatic heterocycles. The average molecular weight is 299 g/mol. The number of nitrogens with zero attached hydrogens (tertiary/aromatic N) is 2. The van der Waals surface area contributed by atoms with Crippen molar-refractivity contribution < 1.29 is 14.3 Å². The number of rotatable bonds is 3. The standard InChI is InChI=1S/C15H29N3O3/c1-11(16)13(19)17(5)9-12-7-6-8-18(10-12)14(20)21-15(2,3)4/h11-12H,6-10,16H2,1-5H3/t11-,12-/m0/s1. The number of hydrogen-bond donors (Lipinski definition) is 1. The lowest BCUT2D eigenvalue weighted by Gasteiger charge is -2.35. The summed E-state index contributed by atoms with van der Waals surface area (Å²) >= 11 is 0. The van der Waals surface area contributed by atoms with Crippen LogP contribution in [0.5, 0.6) is 0 Å². The second-order valence-corrected chi connectivity index (χ2v) is 6.94. The molecule has 21 heavy (non-hydrogen) atoms. The first-order valence-electron chi connectivity index (χ1n) is 7.58. The third-order valence-electron chi connectivity index (χ3n) is 3.47. The summed E-state index contributed by atoms with van der Waals surface area (Å²) < 4.78 is 5.40. The Morgan fingerprint density at radius 3 is 2.57 bits per heavy atom. The quantitative estimate of drug-likeness (QED) is 0.855. The molecule has 0 radical (unpaired) electrons. The zero-order valence-corrected chi connectivity index (χ0v) is 13.9. The van der Waals surface area contributed by atoms with Crippen molar-refractivity contribution in [3.05, 3.63) is 0 Å². The minimum Gasteiger partial charge on any atom is -0.444 e. The van der Waals surface area contributed by atoms with Gasteiger partial charge in [-0.15, -0.1) is 0 Å². The molecular weight excluding hydrogens is 270 g/mol. The minimum absolute atomic E-state index is 0.0654. The summed E-state index contributed by atoms with van der Waals surface area (Å²) in [6.45, 7) is 9.25. The summed E-state index contributed by atoms with van der Waals surface area (Å²) in [7, 11) is 1.76. The SMILES string of the molecule is C[C@H](N)C(=O)N(C)C[C@@H]1CCCN(C(=O)OC(C)(C)C)C1. The number of ether oxygens (including phenoxy) is 1. The smallest absolute Gasteiger partial charge is 0.410 e. The average Bonchev–Trinajstić information content (AvgIpc) is 2.35. The van der Waals surface area contributed by atoms with Crippen molar-refractivity contribution in [1.29, 1.82) is 0 Å². The Kier molecular flexibility index (Phi) is 6.01. The van der Waals surface area contributed by atoms with Crippen molar-refractivity contribution in [2.24, 2.45) is 11.7 Å². The van der Waals surface area contributed by atoms with Crippen molar-refractivity contribution in [1.82, 2.24) is 9.80 Å². The van der Waals surface area contributed by atoms with E-state index in [4.69, 9.17) is 10.5 Å². The van der Waals surface area contributed by atoms with Crippen LogP contribution in [-0.2, 0) is 9.53 Å². The molecule has 0 aromatic rings. The molecule has 1 fully saturated rings. The molecule has 2 N–H and O–H groups in total. The Morgan fingerprint density at radius 2 is 2.05 bits per heavy atom. The molecule has 0 spiro atoms. The molecular formula is C15H29N3O3. The van der Waals surface area contributed by atoms with E-state index >= 15 is 0 Å². The number of carbonyl (C=O) groups excluding carboxylic acids is 2. The second kappa shape index (κ2) is 7.11. The molecule has 0 aromatic heterocycles. The number of likely N-dealkylation sites (tertiary alicyclic amines) is 1. The number of amides is 2. The largest absolute Gasteiger partial charge is 0.444 e. The maximum absolute atomic E-state index is 12.1. The van der Waals surface area contributed by atoms with Gasteiger partial charge in [-0.3, -0.25) is 4.79 Å². The molecule has 122 valence electrons. The van der Waals surface area contributed by atoms with Crippen molar-refractivity contribution in [3.63, 3.8) is 0 Å². The van der Waals surface area contributed by atoms with Gasteiger partial charge in [0, 0.05) is 26.7 Å². The zero-order chi connectivity index (χ0) is 16.2. The molecule has 6 heteroatoms. The van der Waals surface area contributed by atoms with E-state index < -0.39 is 11.6 Å².